The van der Waals surface area contributed by atoms with E-state index in [4.69, 9.17) is 9.47 Å². The Morgan fingerprint density at radius 3 is 2.18 bits per heavy atom. The first-order valence-corrected chi connectivity index (χ1v) is 6.65. The monoisotopic (exact) mass is 244 g/mol. The number of carbonyl (C=O) groups is 1. The third-order valence-electron chi connectivity index (χ3n) is 2.37. The molecule has 0 unspecified atom stereocenters. The van der Waals surface area contributed by atoms with E-state index in [-0.39, 0.29) is 6.10 Å². The zero-order valence-electron chi connectivity index (χ0n) is 12.0. The van der Waals surface area contributed by atoms with Crippen molar-refractivity contribution in [3.63, 3.8) is 0 Å². The predicted octanol–water partition coefficient (Wildman–Crippen LogP) is 4.54. The molecular weight excluding hydrogens is 216 g/mol. The lowest BCUT2D eigenvalue weighted by Crippen LogP contribution is -2.13. The molecule has 0 rings (SSSR count). The molecule has 0 aliphatic carbocycles. The summed E-state index contributed by atoms with van der Waals surface area (Å²) in [7, 11) is 0. The summed E-state index contributed by atoms with van der Waals surface area (Å²) in [5.41, 5.74) is 0.428. The van der Waals surface area contributed by atoms with Crippen molar-refractivity contribution >= 4 is 6.16 Å². The molecule has 0 saturated carbocycles. The zero-order chi connectivity index (χ0) is 13.3. The van der Waals surface area contributed by atoms with Crippen LogP contribution in [0, 0.1) is 5.41 Å². The summed E-state index contributed by atoms with van der Waals surface area (Å²) in [6.07, 6.45) is 5.11. The van der Waals surface area contributed by atoms with Crippen LogP contribution in [0.4, 0.5) is 4.79 Å². The Hall–Kier alpha value is -0.730. The van der Waals surface area contributed by atoms with E-state index in [9.17, 15) is 4.79 Å². The lowest BCUT2D eigenvalue weighted by Gasteiger charge is -2.17. The summed E-state index contributed by atoms with van der Waals surface area (Å²) in [6.45, 7) is 10.9. The topological polar surface area (TPSA) is 35.5 Å². The first kappa shape index (κ1) is 16.3. The minimum atomic E-state index is -0.547. The normalized spacial score (nSPS) is 11.6. The average molecular weight is 244 g/mol. The molecule has 0 spiro atoms. The molecule has 0 aliphatic rings. The largest absolute Gasteiger partial charge is 0.508 e. The Balaban J connectivity index is 3.27. The fourth-order valence-electron chi connectivity index (χ4n) is 1.49. The summed E-state index contributed by atoms with van der Waals surface area (Å²) >= 11 is 0. The van der Waals surface area contributed by atoms with E-state index in [0.717, 1.165) is 12.8 Å². The van der Waals surface area contributed by atoms with Gasteiger partial charge in [0.25, 0.3) is 0 Å². The van der Waals surface area contributed by atoms with Crippen LogP contribution in [0.2, 0.25) is 0 Å². The Labute approximate surface area is 106 Å². The van der Waals surface area contributed by atoms with Crippen LogP contribution in [0.25, 0.3) is 0 Å². The lowest BCUT2D eigenvalue weighted by atomic mass is 9.89. The van der Waals surface area contributed by atoms with E-state index in [0.29, 0.717) is 12.0 Å². The maximum absolute atomic E-state index is 11.0. The Bertz CT molecular complexity index is 204. The molecule has 17 heavy (non-hydrogen) atoms. The van der Waals surface area contributed by atoms with Crippen LogP contribution in [-0.2, 0) is 9.47 Å². The summed E-state index contributed by atoms with van der Waals surface area (Å²) in [5.74, 6) is 0. The van der Waals surface area contributed by atoms with Crippen molar-refractivity contribution in [3.05, 3.63) is 0 Å². The standard InChI is InChI=1S/C14H28O3/c1-12(2)17-13(15)16-11-9-7-6-8-10-14(3,4)5/h12H,6-11H2,1-5H3. The fraction of sp³-hybridized carbons (Fsp3) is 0.929. The quantitative estimate of drug-likeness (QED) is 0.487. The molecule has 0 amide bonds. The molecule has 0 aromatic heterocycles. The van der Waals surface area contributed by atoms with Gasteiger partial charge in [0.1, 0.15) is 0 Å². The van der Waals surface area contributed by atoms with Gasteiger partial charge in [-0.2, -0.15) is 0 Å². The summed E-state index contributed by atoms with van der Waals surface area (Å²) in [6, 6.07) is 0. The maximum atomic E-state index is 11.0. The highest BCUT2D eigenvalue weighted by molar-refractivity contribution is 5.59. The third kappa shape index (κ3) is 13.2. The molecule has 3 heteroatoms. The van der Waals surface area contributed by atoms with Crippen molar-refractivity contribution in [2.24, 2.45) is 5.41 Å². The number of carbonyl (C=O) groups excluding carboxylic acids is 1. The first-order valence-electron chi connectivity index (χ1n) is 6.65. The summed E-state index contributed by atoms with van der Waals surface area (Å²) < 4.78 is 9.80. The molecule has 0 aromatic rings. The minimum absolute atomic E-state index is 0.103. The van der Waals surface area contributed by atoms with Gasteiger partial charge in [-0.25, -0.2) is 4.79 Å². The average Bonchev–Trinajstić information content (AvgIpc) is 2.13. The molecule has 0 fully saturated rings. The molecule has 102 valence electrons. The molecule has 0 bridgehead atoms. The maximum Gasteiger partial charge on any atom is 0.508 e. The van der Waals surface area contributed by atoms with Crippen LogP contribution >= 0.6 is 0 Å². The Kier molecular flexibility index (Phi) is 8.01. The molecule has 0 heterocycles. The van der Waals surface area contributed by atoms with Gasteiger partial charge in [-0.3, -0.25) is 0 Å². The van der Waals surface area contributed by atoms with Gasteiger partial charge in [0.15, 0.2) is 0 Å². The zero-order valence-corrected chi connectivity index (χ0v) is 12.0. The molecule has 0 aromatic carbocycles. The highest BCUT2D eigenvalue weighted by Crippen LogP contribution is 2.22. The van der Waals surface area contributed by atoms with Crippen molar-refractivity contribution in [1.82, 2.24) is 0 Å². The molecular formula is C14H28O3. The number of ether oxygens (including phenoxy) is 2. The van der Waals surface area contributed by atoms with Gasteiger partial charge in [0.2, 0.25) is 0 Å². The first-order chi connectivity index (χ1) is 7.81. The van der Waals surface area contributed by atoms with Gasteiger partial charge in [-0.1, -0.05) is 40.0 Å². The predicted molar refractivity (Wildman–Crippen MR) is 70.1 cm³/mol. The van der Waals surface area contributed by atoms with Crippen LogP contribution in [0.15, 0.2) is 0 Å². The van der Waals surface area contributed by atoms with E-state index in [1.54, 1.807) is 0 Å². The van der Waals surface area contributed by atoms with Crippen LogP contribution in [-0.4, -0.2) is 18.9 Å². The van der Waals surface area contributed by atoms with Crippen LogP contribution in [0.3, 0.4) is 0 Å². The van der Waals surface area contributed by atoms with E-state index < -0.39 is 6.16 Å². The van der Waals surface area contributed by atoms with Crippen LogP contribution in [0.5, 0.6) is 0 Å². The lowest BCUT2D eigenvalue weighted by molar-refractivity contribution is 0.0336. The third-order valence-corrected chi connectivity index (χ3v) is 2.37. The van der Waals surface area contributed by atoms with Crippen molar-refractivity contribution in [3.8, 4) is 0 Å². The molecule has 0 saturated heterocycles. The van der Waals surface area contributed by atoms with Gasteiger partial charge in [-0.15, -0.1) is 0 Å². The number of hydrogen-bond acceptors (Lipinski definition) is 3. The SMILES string of the molecule is CC(C)OC(=O)OCCCCCCC(C)(C)C. The van der Waals surface area contributed by atoms with Crippen molar-refractivity contribution < 1.29 is 14.3 Å². The van der Waals surface area contributed by atoms with Crippen molar-refractivity contribution in [2.45, 2.75) is 72.8 Å². The summed E-state index contributed by atoms with van der Waals surface area (Å²) in [5, 5.41) is 0. The Morgan fingerprint density at radius 2 is 1.65 bits per heavy atom. The van der Waals surface area contributed by atoms with Gasteiger partial charge in [0, 0.05) is 0 Å². The van der Waals surface area contributed by atoms with Gasteiger partial charge >= 0.3 is 6.16 Å². The van der Waals surface area contributed by atoms with Gasteiger partial charge < -0.3 is 9.47 Å². The second kappa shape index (κ2) is 8.37. The molecule has 0 radical (unpaired) electrons. The summed E-state index contributed by atoms with van der Waals surface area (Å²) in [4.78, 5) is 11.0. The van der Waals surface area contributed by atoms with Crippen LogP contribution < -0.4 is 0 Å². The molecule has 3 nitrogen and oxygen atoms in total. The van der Waals surface area contributed by atoms with E-state index in [1.807, 2.05) is 13.8 Å². The number of hydrogen-bond donors (Lipinski definition) is 0. The van der Waals surface area contributed by atoms with Crippen molar-refractivity contribution in [1.29, 1.82) is 0 Å². The number of rotatable bonds is 7. The molecule has 0 atom stereocenters. The fourth-order valence-corrected chi connectivity index (χ4v) is 1.49. The van der Waals surface area contributed by atoms with E-state index in [2.05, 4.69) is 20.8 Å². The molecule has 0 N–H and O–H groups in total. The van der Waals surface area contributed by atoms with Crippen LogP contribution in [0.1, 0.15) is 66.7 Å². The minimum Gasteiger partial charge on any atom is -0.434 e. The van der Waals surface area contributed by atoms with Gasteiger partial charge in [0.05, 0.1) is 12.7 Å². The van der Waals surface area contributed by atoms with E-state index >= 15 is 0 Å². The highest BCUT2D eigenvalue weighted by Gasteiger charge is 2.09. The van der Waals surface area contributed by atoms with E-state index in [1.165, 1.54) is 19.3 Å². The van der Waals surface area contributed by atoms with Crippen molar-refractivity contribution in [2.75, 3.05) is 6.61 Å². The second-order valence-corrected chi connectivity index (χ2v) is 5.99. The number of unbranched alkanes of at least 4 members (excludes halogenated alkanes) is 3. The molecule has 0 aliphatic heterocycles. The van der Waals surface area contributed by atoms with Gasteiger partial charge in [-0.05, 0) is 32.1 Å². The smallest absolute Gasteiger partial charge is 0.434 e. The second-order valence-electron chi connectivity index (χ2n) is 5.99. The highest BCUT2D eigenvalue weighted by atomic mass is 16.7. The Morgan fingerprint density at radius 1 is 1.06 bits per heavy atom.